The zero-order valence-corrected chi connectivity index (χ0v) is 7.94. The van der Waals surface area contributed by atoms with Crippen LogP contribution in [0.15, 0.2) is 0 Å². The van der Waals surface area contributed by atoms with Gasteiger partial charge in [0.15, 0.2) is 0 Å². The third-order valence-electron chi connectivity index (χ3n) is 1.34. The highest BCUT2D eigenvalue weighted by molar-refractivity contribution is 7.81. The summed E-state index contributed by atoms with van der Waals surface area (Å²) < 4.78 is 47.1. The third-order valence-corrected chi connectivity index (χ3v) is 1.95. The highest BCUT2D eigenvalue weighted by Crippen LogP contribution is 2.20. The van der Waals surface area contributed by atoms with E-state index in [-0.39, 0.29) is 0 Å². The summed E-state index contributed by atoms with van der Waals surface area (Å²) in [7, 11) is 0. The molecule has 2 atom stereocenters. The molecule has 0 aromatic rings. The Balaban J connectivity index is 4.34. The molecule has 0 amide bonds. The molecule has 13 heavy (non-hydrogen) atoms. The predicted molar refractivity (Wildman–Crippen MR) is 41.6 cm³/mol. The van der Waals surface area contributed by atoms with Crippen LogP contribution in [-0.2, 0) is 20.6 Å². The average Bonchev–Trinajstić information content (AvgIpc) is 2.03. The highest BCUT2D eigenvalue weighted by atomic mass is 32.2. The van der Waals surface area contributed by atoms with Crippen molar-refractivity contribution in [1.29, 1.82) is 0 Å². The fourth-order valence-corrected chi connectivity index (χ4v) is 0.597. The standard InChI is InChI=1S/C6H10F2O4S/c1-3-4(2)12-5(9)6(7,8)13(10)11/h4H,3H2,1-2H3,(H,10,11). The summed E-state index contributed by atoms with van der Waals surface area (Å²) in [5.41, 5.74) is 0. The van der Waals surface area contributed by atoms with Gasteiger partial charge in [-0.05, 0) is 13.3 Å². The lowest BCUT2D eigenvalue weighted by Gasteiger charge is -2.14. The molecule has 0 rings (SSSR count). The number of carbonyl (C=O) groups excluding carboxylic acids is 1. The largest absolute Gasteiger partial charge is 0.457 e. The van der Waals surface area contributed by atoms with Gasteiger partial charge in [0.05, 0.1) is 6.10 Å². The summed E-state index contributed by atoms with van der Waals surface area (Å²) in [5, 5.41) is -4.34. The minimum atomic E-state index is -4.34. The Morgan fingerprint density at radius 3 is 2.46 bits per heavy atom. The normalized spacial score (nSPS) is 16.4. The minimum Gasteiger partial charge on any atom is -0.457 e. The maximum Gasteiger partial charge on any atom is 0.439 e. The van der Waals surface area contributed by atoms with Crippen molar-refractivity contribution in [3.63, 3.8) is 0 Å². The van der Waals surface area contributed by atoms with E-state index >= 15 is 0 Å². The molecule has 0 aromatic carbocycles. The van der Waals surface area contributed by atoms with Crippen LogP contribution < -0.4 is 0 Å². The fourth-order valence-electron chi connectivity index (χ4n) is 0.406. The maximum absolute atomic E-state index is 12.4. The Kier molecular flexibility index (Phi) is 4.41. The average molecular weight is 216 g/mol. The number of hydrogen-bond donors (Lipinski definition) is 1. The molecule has 0 saturated heterocycles. The first-order chi connectivity index (χ1) is 5.82. The molecular weight excluding hydrogens is 206 g/mol. The molecule has 0 spiro atoms. The Morgan fingerprint density at radius 1 is 1.69 bits per heavy atom. The highest BCUT2D eigenvalue weighted by Gasteiger charge is 2.48. The molecule has 0 aromatic heterocycles. The molecule has 78 valence electrons. The van der Waals surface area contributed by atoms with Gasteiger partial charge in [0, 0.05) is 0 Å². The van der Waals surface area contributed by atoms with Gasteiger partial charge >= 0.3 is 11.2 Å². The number of esters is 1. The molecule has 0 aliphatic heterocycles. The van der Waals surface area contributed by atoms with Gasteiger partial charge in [-0.25, -0.2) is 9.00 Å². The minimum absolute atomic E-state index is 0.361. The smallest absolute Gasteiger partial charge is 0.439 e. The van der Waals surface area contributed by atoms with Crippen LogP contribution in [0.1, 0.15) is 20.3 Å². The van der Waals surface area contributed by atoms with Gasteiger partial charge in [-0.3, -0.25) is 0 Å². The Hall–Kier alpha value is -0.560. The second-order valence-electron chi connectivity index (χ2n) is 2.39. The van der Waals surface area contributed by atoms with Crippen LogP contribution in [0.25, 0.3) is 0 Å². The van der Waals surface area contributed by atoms with Crippen LogP contribution in [0.5, 0.6) is 0 Å². The number of halogens is 2. The molecule has 0 aliphatic rings. The number of hydrogen-bond acceptors (Lipinski definition) is 3. The first kappa shape index (κ1) is 12.4. The van der Waals surface area contributed by atoms with Gasteiger partial charge in [-0.15, -0.1) is 0 Å². The SMILES string of the molecule is CCC(C)OC(=O)C(F)(F)S(=O)O. The van der Waals surface area contributed by atoms with Crippen LogP contribution >= 0.6 is 0 Å². The van der Waals surface area contributed by atoms with Crippen molar-refractivity contribution in [3.05, 3.63) is 0 Å². The number of rotatable bonds is 4. The molecule has 7 heteroatoms. The summed E-state index contributed by atoms with van der Waals surface area (Å²) in [6, 6.07) is 0. The first-order valence-electron chi connectivity index (χ1n) is 3.52. The van der Waals surface area contributed by atoms with Gasteiger partial charge in [-0.1, -0.05) is 6.92 Å². The van der Waals surface area contributed by atoms with Crippen molar-refractivity contribution < 1.29 is 27.1 Å². The van der Waals surface area contributed by atoms with E-state index in [1.807, 2.05) is 0 Å². The van der Waals surface area contributed by atoms with Gasteiger partial charge < -0.3 is 9.29 Å². The molecule has 1 N–H and O–H groups in total. The molecule has 0 bridgehead atoms. The van der Waals surface area contributed by atoms with Crippen LogP contribution in [0, 0.1) is 0 Å². The molecule has 2 unspecified atom stereocenters. The van der Waals surface area contributed by atoms with Crippen LogP contribution in [0.3, 0.4) is 0 Å². The van der Waals surface area contributed by atoms with E-state index in [2.05, 4.69) is 4.74 Å². The summed E-state index contributed by atoms with van der Waals surface area (Å²) in [6.07, 6.45) is -0.332. The van der Waals surface area contributed by atoms with Gasteiger partial charge in [0.25, 0.3) is 0 Å². The van der Waals surface area contributed by atoms with Gasteiger partial charge in [0.1, 0.15) is 0 Å². The van der Waals surface area contributed by atoms with E-state index in [0.29, 0.717) is 6.42 Å². The topological polar surface area (TPSA) is 63.6 Å². The Bertz CT molecular complexity index is 219. The van der Waals surface area contributed by atoms with Crippen LogP contribution in [-0.4, -0.2) is 26.1 Å². The van der Waals surface area contributed by atoms with Crippen molar-refractivity contribution in [1.82, 2.24) is 0 Å². The van der Waals surface area contributed by atoms with Crippen LogP contribution in [0.2, 0.25) is 0 Å². The molecule has 0 saturated carbocycles. The summed E-state index contributed by atoms with van der Waals surface area (Å²) in [5.74, 6) is -1.97. The zero-order chi connectivity index (χ0) is 10.6. The molecule has 0 fully saturated rings. The number of ether oxygens (including phenoxy) is 1. The molecule has 4 nitrogen and oxygen atoms in total. The fraction of sp³-hybridized carbons (Fsp3) is 0.833. The lowest BCUT2D eigenvalue weighted by Crippen LogP contribution is -2.36. The van der Waals surface area contributed by atoms with E-state index in [9.17, 15) is 17.8 Å². The number of carbonyl (C=O) groups is 1. The Morgan fingerprint density at radius 2 is 2.15 bits per heavy atom. The summed E-state index contributed by atoms with van der Waals surface area (Å²) >= 11 is -3.53. The van der Waals surface area contributed by atoms with Crippen molar-refractivity contribution in [2.45, 2.75) is 31.6 Å². The molecule has 0 radical (unpaired) electrons. The van der Waals surface area contributed by atoms with E-state index in [1.165, 1.54) is 6.92 Å². The van der Waals surface area contributed by atoms with E-state index in [4.69, 9.17) is 4.55 Å². The monoisotopic (exact) mass is 216 g/mol. The quantitative estimate of drug-likeness (QED) is 0.565. The molecule has 0 heterocycles. The van der Waals surface area contributed by atoms with Crippen molar-refractivity contribution in [2.24, 2.45) is 0 Å². The molecule has 0 aliphatic carbocycles. The van der Waals surface area contributed by atoms with E-state index in [0.717, 1.165) is 0 Å². The lowest BCUT2D eigenvalue weighted by atomic mass is 10.3. The second kappa shape index (κ2) is 4.61. The van der Waals surface area contributed by atoms with E-state index < -0.39 is 28.4 Å². The number of alkyl halides is 2. The van der Waals surface area contributed by atoms with E-state index in [1.54, 1.807) is 6.92 Å². The third kappa shape index (κ3) is 3.35. The zero-order valence-electron chi connectivity index (χ0n) is 7.12. The first-order valence-corrected chi connectivity index (χ1v) is 4.62. The summed E-state index contributed by atoms with van der Waals surface area (Å²) in [6.45, 7) is 3.04. The van der Waals surface area contributed by atoms with Crippen molar-refractivity contribution in [3.8, 4) is 0 Å². The van der Waals surface area contributed by atoms with Crippen molar-refractivity contribution in [2.75, 3.05) is 0 Å². The predicted octanol–water partition coefficient (Wildman–Crippen LogP) is 1.14. The second-order valence-corrected chi connectivity index (χ2v) is 3.40. The van der Waals surface area contributed by atoms with Gasteiger partial charge in [0.2, 0.25) is 11.1 Å². The Labute approximate surface area is 76.5 Å². The maximum atomic E-state index is 12.4. The van der Waals surface area contributed by atoms with Crippen molar-refractivity contribution >= 4 is 17.0 Å². The summed E-state index contributed by atoms with van der Waals surface area (Å²) in [4.78, 5) is 10.6. The lowest BCUT2D eigenvalue weighted by molar-refractivity contribution is -0.165. The van der Waals surface area contributed by atoms with Crippen LogP contribution in [0.4, 0.5) is 8.78 Å². The molecular formula is C6H10F2O4S. The van der Waals surface area contributed by atoms with Gasteiger partial charge in [-0.2, -0.15) is 8.78 Å².